The Labute approximate surface area is 396 Å². The molecule has 14 aromatic rings. The summed E-state index contributed by atoms with van der Waals surface area (Å²) in [6, 6.07) is 81.0. The highest BCUT2D eigenvalue weighted by molar-refractivity contribution is 6.29. The third kappa shape index (κ3) is 6.40. The molecule has 0 bridgehead atoms. The second-order valence-electron chi connectivity index (χ2n) is 17.7. The lowest BCUT2D eigenvalue weighted by Gasteiger charge is -2.17. The van der Waals surface area contributed by atoms with Gasteiger partial charge in [-0.25, -0.2) is 19.9 Å². The highest BCUT2D eigenvalue weighted by atomic mass is 16.3. The standard InChI is InChI=1S/C64H38N4O/c1-3-16-39(17-4-1)40-30-32-42(33-31-40)63-66-62(41-18-5-2-6-19-41)67-64(68-63)45-21-15-20-43(36-45)58-59-51-26-11-13-28-55(51)65-61(54(59)38-57-60(58)52-27-12-14-29-56(52)69-57)44-34-35-50-48-24-8-7-22-46(48)47-23-9-10-25-49(47)53(50)37-44/h1-38H. The molecule has 0 spiro atoms. The Kier molecular flexibility index (Phi) is 8.83. The highest BCUT2D eigenvalue weighted by Crippen LogP contribution is 2.47. The molecule has 0 unspecified atom stereocenters. The van der Waals surface area contributed by atoms with Gasteiger partial charge in [-0.1, -0.05) is 200 Å². The van der Waals surface area contributed by atoms with Gasteiger partial charge in [-0.05, 0) is 79.3 Å². The summed E-state index contributed by atoms with van der Waals surface area (Å²) < 4.78 is 6.82. The van der Waals surface area contributed by atoms with Crippen LogP contribution in [0.25, 0.3) is 144 Å². The van der Waals surface area contributed by atoms with Gasteiger partial charge >= 0.3 is 0 Å². The van der Waals surface area contributed by atoms with Gasteiger partial charge in [0.25, 0.3) is 0 Å². The largest absolute Gasteiger partial charge is 0.456 e. The monoisotopic (exact) mass is 878 g/mol. The highest BCUT2D eigenvalue weighted by Gasteiger charge is 2.23. The van der Waals surface area contributed by atoms with Gasteiger partial charge < -0.3 is 4.42 Å². The molecule has 0 radical (unpaired) electrons. The van der Waals surface area contributed by atoms with Crippen LogP contribution in [-0.2, 0) is 0 Å². The van der Waals surface area contributed by atoms with Crippen molar-refractivity contribution in [2.75, 3.05) is 0 Å². The van der Waals surface area contributed by atoms with Gasteiger partial charge in [0.1, 0.15) is 11.2 Å². The van der Waals surface area contributed by atoms with Gasteiger partial charge in [-0.15, -0.1) is 0 Å². The summed E-state index contributed by atoms with van der Waals surface area (Å²) in [5.74, 6) is 1.80. The predicted octanol–water partition coefficient (Wildman–Crippen LogP) is 16.9. The van der Waals surface area contributed by atoms with Gasteiger partial charge in [0.2, 0.25) is 0 Å². The van der Waals surface area contributed by atoms with E-state index in [2.05, 4.69) is 188 Å². The zero-order valence-electron chi connectivity index (χ0n) is 37.1. The van der Waals surface area contributed by atoms with Crippen molar-refractivity contribution in [1.82, 2.24) is 19.9 Å². The minimum absolute atomic E-state index is 0.587. The summed E-state index contributed by atoms with van der Waals surface area (Å²) in [6.07, 6.45) is 0. The molecule has 5 heteroatoms. The van der Waals surface area contributed by atoms with E-state index in [0.717, 1.165) is 93.8 Å². The van der Waals surface area contributed by atoms with Crippen LogP contribution < -0.4 is 0 Å². The first-order valence-electron chi connectivity index (χ1n) is 23.3. The molecular weight excluding hydrogens is 841 g/mol. The summed E-state index contributed by atoms with van der Waals surface area (Å²) in [5.41, 5.74) is 11.6. The van der Waals surface area contributed by atoms with Crippen molar-refractivity contribution in [1.29, 1.82) is 0 Å². The molecule has 0 fully saturated rings. The number of para-hydroxylation sites is 2. The maximum Gasteiger partial charge on any atom is 0.164 e. The normalized spacial score (nSPS) is 11.8. The zero-order chi connectivity index (χ0) is 45.4. The second-order valence-corrected chi connectivity index (χ2v) is 17.7. The van der Waals surface area contributed by atoms with Gasteiger partial charge in [-0.2, -0.15) is 0 Å². The number of aromatic nitrogens is 4. The second kappa shape index (κ2) is 15.7. The fourth-order valence-electron chi connectivity index (χ4n) is 10.5. The number of nitrogens with zero attached hydrogens (tertiary/aromatic N) is 4. The van der Waals surface area contributed by atoms with Crippen molar-refractivity contribution in [2.24, 2.45) is 0 Å². The third-order valence-electron chi connectivity index (χ3n) is 13.7. The molecule has 0 amide bonds. The molecule has 14 rings (SSSR count). The molecule has 0 saturated carbocycles. The van der Waals surface area contributed by atoms with Crippen LogP contribution in [0.2, 0.25) is 0 Å². The lowest BCUT2D eigenvalue weighted by Crippen LogP contribution is -2.00. The van der Waals surface area contributed by atoms with Crippen LogP contribution in [-0.4, -0.2) is 19.9 Å². The minimum atomic E-state index is 0.587. The van der Waals surface area contributed by atoms with Crippen LogP contribution in [0.3, 0.4) is 0 Å². The van der Waals surface area contributed by atoms with E-state index in [9.17, 15) is 0 Å². The minimum Gasteiger partial charge on any atom is -0.456 e. The van der Waals surface area contributed by atoms with Gasteiger partial charge in [0.15, 0.2) is 17.5 Å². The molecule has 320 valence electrons. The molecule has 0 saturated heterocycles. The van der Waals surface area contributed by atoms with Crippen molar-refractivity contribution in [3.05, 3.63) is 231 Å². The Morgan fingerprint density at radius 3 is 1.42 bits per heavy atom. The lowest BCUT2D eigenvalue weighted by atomic mass is 9.88. The number of rotatable bonds is 6. The van der Waals surface area contributed by atoms with E-state index in [-0.39, 0.29) is 0 Å². The Morgan fingerprint density at radius 2 is 0.725 bits per heavy atom. The summed E-state index contributed by atoms with van der Waals surface area (Å²) in [7, 11) is 0. The zero-order valence-corrected chi connectivity index (χ0v) is 37.1. The number of hydrogen-bond donors (Lipinski definition) is 0. The molecule has 11 aromatic carbocycles. The first-order chi connectivity index (χ1) is 34.2. The molecule has 0 atom stereocenters. The van der Waals surface area contributed by atoms with Gasteiger partial charge in [-0.3, -0.25) is 0 Å². The van der Waals surface area contributed by atoms with Gasteiger partial charge in [0.05, 0.1) is 11.2 Å². The van der Waals surface area contributed by atoms with Crippen molar-refractivity contribution in [2.45, 2.75) is 0 Å². The molecule has 0 N–H and O–H groups in total. The first-order valence-corrected chi connectivity index (χ1v) is 23.3. The van der Waals surface area contributed by atoms with Crippen LogP contribution in [0.1, 0.15) is 0 Å². The number of hydrogen-bond acceptors (Lipinski definition) is 5. The van der Waals surface area contributed by atoms with Crippen LogP contribution in [0, 0.1) is 0 Å². The Morgan fingerprint density at radius 1 is 0.246 bits per heavy atom. The van der Waals surface area contributed by atoms with E-state index in [0.29, 0.717) is 17.5 Å². The maximum atomic E-state index is 6.82. The molecule has 3 heterocycles. The smallest absolute Gasteiger partial charge is 0.164 e. The Hall–Kier alpha value is -9.32. The van der Waals surface area contributed by atoms with E-state index in [1.165, 1.54) is 32.3 Å². The lowest BCUT2D eigenvalue weighted by molar-refractivity contribution is 0.669. The van der Waals surface area contributed by atoms with E-state index in [4.69, 9.17) is 24.4 Å². The quantitative estimate of drug-likeness (QED) is 0.156. The predicted molar refractivity (Wildman–Crippen MR) is 285 cm³/mol. The van der Waals surface area contributed by atoms with Gasteiger partial charge in [0, 0.05) is 54.7 Å². The topological polar surface area (TPSA) is 64.7 Å². The summed E-state index contributed by atoms with van der Waals surface area (Å²) in [6.45, 7) is 0. The van der Waals surface area contributed by atoms with Crippen molar-refractivity contribution < 1.29 is 4.42 Å². The third-order valence-corrected chi connectivity index (χ3v) is 13.7. The van der Waals surface area contributed by atoms with E-state index in [1.54, 1.807) is 0 Å². The molecule has 5 nitrogen and oxygen atoms in total. The van der Waals surface area contributed by atoms with Crippen LogP contribution in [0.4, 0.5) is 0 Å². The first kappa shape index (κ1) is 38.9. The van der Waals surface area contributed by atoms with Crippen LogP contribution in [0.15, 0.2) is 235 Å². The average molecular weight is 879 g/mol. The summed E-state index contributed by atoms with van der Waals surface area (Å²) >= 11 is 0. The molecule has 69 heavy (non-hydrogen) atoms. The van der Waals surface area contributed by atoms with E-state index in [1.807, 2.05) is 42.5 Å². The number of furan rings is 1. The van der Waals surface area contributed by atoms with Crippen LogP contribution in [0.5, 0.6) is 0 Å². The molecular formula is C64H38N4O. The Balaban J connectivity index is 1.02. The summed E-state index contributed by atoms with van der Waals surface area (Å²) in [5, 5.41) is 12.6. The molecule has 0 aliphatic heterocycles. The SMILES string of the molecule is c1ccc(-c2ccc(-c3nc(-c4ccccc4)nc(-c4cccc(-c5c6c(cc7c(-c8ccc9c%10ccccc%10c%10ccccc%10c9c8)nc8ccccc8c57)oc5ccccc56)c4)n3)cc2)cc1. The van der Waals surface area contributed by atoms with Crippen molar-refractivity contribution in [3.8, 4) is 67.7 Å². The molecule has 3 aromatic heterocycles. The average Bonchev–Trinajstić information content (AvgIpc) is 3.81. The number of fused-ring (bicyclic) bond motifs is 12. The maximum absolute atomic E-state index is 6.82. The van der Waals surface area contributed by atoms with E-state index >= 15 is 0 Å². The van der Waals surface area contributed by atoms with Crippen molar-refractivity contribution in [3.63, 3.8) is 0 Å². The van der Waals surface area contributed by atoms with Crippen molar-refractivity contribution >= 4 is 75.9 Å². The number of pyridine rings is 1. The fraction of sp³-hybridized carbons (Fsp3) is 0. The number of benzene rings is 11. The Bertz CT molecular complexity index is 4320. The molecule has 0 aliphatic carbocycles. The van der Waals surface area contributed by atoms with Crippen LogP contribution >= 0.6 is 0 Å². The molecule has 0 aliphatic rings. The van der Waals surface area contributed by atoms with E-state index < -0.39 is 0 Å². The summed E-state index contributed by atoms with van der Waals surface area (Å²) in [4.78, 5) is 21.0. The fourth-order valence-corrected chi connectivity index (χ4v) is 10.5.